The molecule has 0 fully saturated rings. The van der Waals surface area contributed by atoms with Gasteiger partial charge in [-0.1, -0.05) is 25.4 Å². The van der Waals surface area contributed by atoms with Crippen LogP contribution < -0.4 is 5.32 Å². The molecule has 0 spiro atoms. The number of rotatable bonds is 3. The summed E-state index contributed by atoms with van der Waals surface area (Å²) in [6, 6.07) is 5.48. The molecule has 0 aliphatic carbocycles. The normalized spacial score (nSPS) is 12.6. The lowest BCUT2D eigenvalue weighted by Crippen LogP contribution is -2.36. The molecule has 0 saturated heterocycles. The zero-order valence-electron chi connectivity index (χ0n) is 9.55. The van der Waals surface area contributed by atoms with Crippen LogP contribution in [-0.2, 0) is 0 Å². The van der Waals surface area contributed by atoms with Crippen LogP contribution in [0.15, 0.2) is 18.2 Å². The molecule has 1 unspecified atom stereocenters. The van der Waals surface area contributed by atoms with E-state index in [-0.39, 0.29) is 11.9 Å². The van der Waals surface area contributed by atoms with Crippen LogP contribution in [0.2, 0.25) is 5.02 Å². The highest BCUT2D eigenvalue weighted by Crippen LogP contribution is 2.18. The van der Waals surface area contributed by atoms with E-state index in [0.717, 1.165) is 3.57 Å². The van der Waals surface area contributed by atoms with E-state index in [1.165, 1.54) is 0 Å². The standard InChI is InChI=1S/C12H15ClINO/c1-7(2)8(3)15-12(16)10-6-9(13)4-5-11(10)14/h4-8H,1-3H3,(H,15,16). The van der Waals surface area contributed by atoms with E-state index >= 15 is 0 Å². The number of carbonyl (C=O) groups is 1. The van der Waals surface area contributed by atoms with Crippen molar-refractivity contribution in [1.29, 1.82) is 0 Å². The van der Waals surface area contributed by atoms with Gasteiger partial charge in [-0.15, -0.1) is 0 Å². The van der Waals surface area contributed by atoms with Gasteiger partial charge < -0.3 is 5.32 Å². The number of halogens is 2. The van der Waals surface area contributed by atoms with Gasteiger partial charge in [0.1, 0.15) is 0 Å². The van der Waals surface area contributed by atoms with Crippen LogP contribution >= 0.6 is 34.2 Å². The molecule has 16 heavy (non-hydrogen) atoms. The SMILES string of the molecule is CC(C)C(C)NC(=O)c1cc(Cl)ccc1I. The molecule has 88 valence electrons. The predicted molar refractivity (Wildman–Crippen MR) is 75.9 cm³/mol. The highest BCUT2D eigenvalue weighted by atomic mass is 127. The quantitative estimate of drug-likeness (QED) is 0.826. The Bertz CT molecular complexity index is 393. The van der Waals surface area contributed by atoms with Gasteiger partial charge in [-0.05, 0) is 53.6 Å². The predicted octanol–water partition coefficient (Wildman–Crippen LogP) is 3.72. The van der Waals surface area contributed by atoms with Gasteiger partial charge in [-0.2, -0.15) is 0 Å². The molecule has 0 aliphatic heterocycles. The maximum Gasteiger partial charge on any atom is 0.252 e. The minimum atomic E-state index is -0.0619. The molecular formula is C12H15ClINO. The number of hydrogen-bond acceptors (Lipinski definition) is 1. The van der Waals surface area contributed by atoms with E-state index in [4.69, 9.17) is 11.6 Å². The first-order valence-electron chi connectivity index (χ1n) is 5.17. The molecule has 1 atom stereocenters. The van der Waals surface area contributed by atoms with Gasteiger partial charge in [0.05, 0.1) is 5.56 Å². The first-order chi connectivity index (χ1) is 7.41. The van der Waals surface area contributed by atoms with E-state index in [9.17, 15) is 4.79 Å². The van der Waals surface area contributed by atoms with E-state index in [2.05, 4.69) is 41.8 Å². The Morgan fingerprint density at radius 1 is 1.38 bits per heavy atom. The zero-order chi connectivity index (χ0) is 12.3. The number of nitrogens with one attached hydrogen (secondary N) is 1. The fourth-order valence-corrected chi connectivity index (χ4v) is 1.88. The first kappa shape index (κ1) is 13.8. The molecule has 1 aromatic rings. The van der Waals surface area contributed by atoms with Gasteiger partial charge >= 0.3 is 0 Å². The summed E-state index contributed by atoms with van der Waals surface area (Å²) in [5.41, 5.74) is 0.639. The summed E-state index contributed by atoms with van der Waals surface area (Å²) >= 11 is 8.01. The van der Waals surface area contributed by atoms with Crippen molar-refractivity contribution in [2.75, 3.05) is 0 Å². The fourth-order valence-electron chi connectivity index (χ4n) is 1.12. The van der Waals surface area contributed by atoms with Crippen LogP contribution in [0.3, 0.4) is 0 Å². The Balaban J connectivity index is 2.84. The van der Waals surface area contributed by atoms with E-state index < -0.39 is 0 Å². The molecule has 0 radical (unpaired) electrons. The highest BCUT2D eigenvalue weighted by Gasteiger charge is 2.14. The molecule has 1 amide bonds. The lowest BCUT2D eigenvalue weighted by molar-refractivity contribution is 0.0929. The molecule has 4 heteroatoms. The Morgan fingerprint density at radius 3 is 2.56 bits per heavy atom. The van der Waals surface area contributed by atoms with E-state index in [1.807, 2.05) is 13.0 Å². The lowest BCUT2D eigenvalue weighted by atomic mass is 10.1. The van der Waals surface area contributed by atoms with Crippen molar-refractivity contribution in [3.63, 3.8) is 0 Å². The highest BCUT2D eigenvalue weighted by molar-refractivity contribution is 14.1. The second-order valence-electron chi connectivity index (χ2n) is 4.13. The second kappa shape index (κ2) is 5.87. The van der Waals surface area contributed by atoms with Gasteiger partial charge in [-0.25, -0.2) is 0 Å². The van der Waals surface area contributed by atoms with Crippen LogP contribution in [0.5, 0.6) is 0 Å². The minimum absolute atomic E-state index is 0.0619. The molecule has 1 N–H and O–H groups in total. The second-order valence-corrected chi connectivity index (χ2v) is 5.73. The van der Waals surface area contributed by atoms with Crippen molar-refractivity contribution in [2.45, 2.75) is 26.8 Å². The molecular weight excluding hydrogens is 336 g/mol. The smallest absolute Gasteiger partial charge is 0.252 e. The third-order valence-corrected chi connectivity index (χ3v) is 3.71. The summed E-state index contributed by atoms with van der Waals surface area (Å²) in [6.45, 7) is 6.15. The summed E-state index contributed by atoms with van der Waals surface area (Å²) in [4.78, 5) is 12.0. The number of benzene rings is 1. The summed E-state index contributed by atoms with van der Waals surface area (Å²) in [7, 11) is 0. The van der Waals surface area contributed by atoms with Crippen molar-refractivity contribution in [3.05, 3.63) is 32.4 Å². The number of amides is 1. The molecule has 0 saturated carbocycles. The third-order valence-electron chi connectivity index (χ3n) is 2.53. The van der Waals surface area contributed by atoms with Crippen molar-refractivity contribution in [2.24, 2.45) is 5.92 Å². The summed E-state index contributed by atoms with van der Waals surface area (Å²) in [6.07, 6.45) is 0. The van der Waals surface area contributed by atoms with Gasteiger partial charge in [-0.3, -0.25) is 4.79 Å². The van der Waals surface area contributed by atoms with Crippen molar-refractivity contribution < 1.29 is 4.79 Å². The summed E-state index contributed by atoms with van der Waals surface area (Å²) in [5, 5.41) is 3.55. The Hall–Kier alpha value is -0.290. The first-order valence-corrected chi connectivity index (χ1v) is 6.63. The van der Waals surface area contributed by atoms with Gasteiger partial charge in [0.25, 0.3) is 5.91 Å². The molecule has 0 heterocycles. The Morgan fingerprint density at radius 2 is 2.00 bits per heavy atom. The van der Waals surface area contributed by atoms with Crippen LogP contribution in [-0.4, -0.2) is 11.9 Å². The lowest BCUT2D eigenvalue weighted by Gasteiger charge is -2.17. The maximum atomic E-state index is 12.0. The van der Waals surface area contributed by atoms with Crippen LogP contribution in [0, 0.1) is 9.49 Å². The Labute approximate surface area is 115 Å². The van der Waals surface area contributed by atoms with E-state index in [0.29, 0.717) is 16.5 Å². The van der Waals surface area contributed by atoms with Gasteiger partial charge in [0.15, 0.2) is 0 Å². The Kier molecular flexibility index (Phi) is 5.05. The van der Waals surface area contributed by atoms with Crippen LogP contribution in [0.4, 0.5) is 0 Å². The van der Waals surface area contributed by atoms with Crippen LogP contribution in [0.25, 0.3) is 0 Å². The van der Waals surface area contributed by atoms with Crippen molar-refractivity contribution >= 4 is 40.1 Å². The fraction of sp³-hybridized carbons (Fsp3) is 0.417. The third kappa shape index (κ3) is 3.63. The molecule has 0 bridgehead atoms. The summed E-state index contributed by atoms with van der Waals surface area (Å²) < 4.78 is 0.912. The van der Waals surface area contributed by atoms with Gasteiger partial charge in [0.2, 0.25) is 0 Å². The molecule has 1 aromatic carbocycles. The maximum absolute atomic E-state index is 12.0. The number of hydrogen-bond donors (Lipinski definition) is 1. The zero-order valence-corrected chi connectivity index (χ0v) is 12.5. The van der Waals surface area contributed by atoms with Crippen molar-refractivity contribution in [1.82, 2.24) is 5.32 Å². The van der Waals surface area contributed by atoms with Crippen molar-refractivity contribution in [3.8, 4) is 0 Å². The average Bonchev–Trinajstić information content (AvgIpc) is 2.21. The van der Waals surface area contributed by atoms with Gasteiger partial charge in [0, 0.05) is 14.6 Å². The average molecular weight is 352 g/mol. The molecule has 0 aliphatic rings. The van der Waals surface area contributed by atoms with E-state index in [1.54, 1.807) is 12.1 Å². The molecule has 1 rings (SSSR count). The molecule has 2 nitrogen and oxygen atoms in total. The minimum Gasteiger partial charge on any atom is -0.349 e. The monoisotopic (exact) mass is 351 g/mol. The topological polar surface area (TPSA) is 29.1 Å². The molecule has 0 aromatic heterocycles. The number of carbonyl (C=O) groups excluding carboxylic acids is 1. The summed E-state index contributed by atoms with van der Waals surface area (Å²) in [5.74, 6) is 0.355. The van der Waals surface area contributed by atoms with Crippen LogP contribution in [0.1, 0.15) is 31.1 Å². The largest absolute Gasteiger partial charge is 0.349 e.